The molecule has 13 nitrogen and oxygen atoms in total. The third-order valence-electron chi connectivity index (χ3n) is 8.70. The topological polar surface area (TPSA) is 157 Å². The van der Waals surface area contributed by atoms with Crippen LogP contribution >= 0.6 is 8.53 Å². The lowest BCUT2D eigenvalue weighted by Gasteiger charge is -2.40. The van der Waals surface area contributed by atoms with E-state index in [0.29, 0.717) is 11.5 Å². The number of carbonyl (C=O) groups excluding carboxylic acids is 1. The molecule has 2 N–H and O–H groups in total. The van der Waals surface area contributed by atoms with Gasteiger partial charge in [-0.2, -0.15) is 5.26 Å². The molecule has 0 bridgehead atoms. The van der Waals surface area contributed by atoms with E-state index >= 15 is 0 Å². The second-order valence-electron chi connectivity index (χ2n) is 13.1. The lowest BCUT2D eigenvalue weighted by molar-refractivity contribution is -0.124. The molecule has 1 heterocycles. The summed E-state index contributed by atoms with van der Waals surface area (Å²) in [5, 5.41) is 12.3. The number of benzene rings is 3. The summed E-state index contributed by atoms with van der Waals surface area (Å²) in [5.74, 6) is 0.834. The van der Waals surface area contributed by atoms with Crippen LogP contribution in [0.15, 0.2) is 101 Å². The standard InChI is InChI=1S/C40H50N5O8P/c1-28(2)45(29(3)4)54(52-25-11-23-41)53-30(5)36(42-38(47)26-44-24-22-37(46)43-39(44)48)27-51-40(31-12-9-8-10-13-31,32-14-18-34(49-6)19-15-32)33-16-20-35(50-7)21-17-33/h8-10,12-22,24,28-30,36H,11,25-27H2,1-7H3,(H,42,47)(H,43,46,48)/t30-,36-,54?/m1/s1. The molecule has 3 aromatic carbocycles. The van der Waals surface area contributed by atoms with Crippen molar-refractivity contribution >= 4 is 14.4 Å². The number of rotatable bonds is 20. The van der Waals surface area contributed by atoms with Gasteiger partial charge in [0.2, 0.25) is 5.91 Å². The highest BCUT2D eigenvalue weighted by Crippen LogP contribution is 2.48. The second-order valence-corrected chi connectivity index (χ2v) is 14.5. The number of hydrogen-bond acceptors (Lipinski definition) is 10. The van der Waals surface area contributed by atoms with Gasteiger partial charge in [-0.15, -0.1) is 0 Å². The van der Waals surface area contributed by atoms with Crippen LogP contribution in [0.1, 0.15) is 57.7 Å². The molecule has 0 aliphatic carbocycles. The molecule has 0 saturated heterocycles. The number of hydrogen-bond donors (Lipinski definition) is 2. The van der Waals surface area contributed by atoms with Crippen LogP contribution in [0.3, 0.4) is 0 Å². The average Bonchev–Trinajstić information content (AvgIpc) is 3.16. The molecule has 0 fully saturated rings. The van der Waals surface area contributed by atoms with Crippen LogP contribution in [0, 0.1) is 11.3 Å². The normalized spacial score (nSPS) is 13.4. The smallest absolute Gasteiger partial charge is 0.328 e. The summed E-state index contributed by atoms with van der Waals surface area (Å²) >= 11 is 0. The number of methoxy groups -OCH3 is 2. The third kappa shape index (κ3) is 10.6. The molecule has 54 heavy (non-hydrogen) atoms. The van der Waals surface area contributed by atoms with E-state index < -0.39 is 43.4 Å². The van der Waals surface area contributed by atoms with Crippen LogP contribution in [-0.4, -0.2) is 71.8 Å². The largest absolute Gasteiger partial charge is 0.497 e. The van der Waals surface area contributed by atoms with Crippen LogP contribution < -0.4 is 26.0 Å². The summed E-state index contributed by atoms with van der Waals surface area (Å²) in [6, 6.07) is 27.6. The molecule has 1 unspecified atom stereocenters. The third-order valence-corrected chi connectivity index (χ3v) is 10.9. The van der Waals surface area contributed by atoms with Crippen molar-refractivity contribution in [2.75, 3.05) is 27.4 Å². The number of carbonyl (C=O) groups is 1. The lowest BCUT2D eigenvalue weighted by atomic mass is 9.80. The molecule has 0 aliphatic rings. The number of aromatic nitrogens is 2. The van der Waals surface area contributed by atoms with Gasteiger partial charge in [-0.05, 0) is 75.6 Å². The van der Waals surface area contributed by atoms with Gasteiger partial charge in [-0.25, -0.2) is 9.46 Å². The fourth-order valence-corrected chi connectivity index (χ4v) is 7.81. The van der Waals surface area contributed by atoms with E-state index in [0.717, 1.165) is 21.3 Å². The second kappa shape index (κ2) is 20.0. The van der Waals surface area contributed by atoms with E-state index in [4.69, 9.17) is 23.3 Å². The SMILES string of the molecule is COc1ccc(C(OC[C@@H](NC(=O)Cn2ccc(=O)[nH]c2=O)[C@@H](C)OP(OCCC#N)N(C(C)C)C(C)C)(c2ccccc2)c2ccc(OC)cc2)cc1. The van der Waals surface area contributed by atoms with Gasteiger partial charge in [-0.1, -0.05) is 54.6 Å². The first kappa shape index (κ1) is 41.9. The van der Waals surface area contributed by atoms with Gasteiger partial charge in [0.1, 0.15) is 23.6 Å². The monoisotopic (exact) mass is 759 g/mol. The highest BCUT2D eigenvalue weighted by molar-refractivity contribution is 7.44. The fraction of sp³-hybridized carbons (Fsp3) is 0.400. The number of aromatic amines is 1. The Balaban J connectivity index is 1.81. The summed E-state index contributed by atoms with van der Waals surface area (Å²) in [6.07, 6.45) is 0.752. The summed E-state index contributed by atoms with van der Waals surface area (Å²) in [7, 11) is 1.51. The molecule has 0 spiro atoms. The van der Waals surface area contributed by atoms with Crippen LogP contribution in [-0.2, 0) is 30.7 Å². The maximum Gasteiger partial charge on any atom is 0.328 e. The van der Waals surface area contributed by atoms with Gasteiger partial charge < -0.3 is 28.6 Å². The Bertz CT molecular complexity index is 1870. The summed E-state index contributed by atoms with van der Waals surface area (Å²) < 4.78 is 34.2. The van der Waals surface area contributed by atoms with Gasteiger partial charge in [0.25, 0.3) is 14.1 Å². The Labute approximate surface area is 317 Å². The molecule has 4 rings (SSSR count). The van der Waals surface area contributed by atoms with Crippen LogP contribution in [0.4, 0.5) is 0 Å². The molecular formula is C40H50N5O8P. The van der Waals surface area contributed by atoms with E-state index in [1.54, 1.807) is 14.2 Å². The van der Waals surface area contributed by atoms with Crippen molar-refractivity contribution in [1.29, 1.82) is 5.26 Å². The first-order valence-electron chi connectivity index (χ1n) is 17.8. The minimum Gasteiger partial charge on any atom is -0.497 e. The quantitative estimate of drug-likeness (QED) is 0.0648. The van der Waals surface area contributed by atoms with Gasteiger partial charge in [0, 0.05) is 24.3 Å². The first-order chi connectivity index (χ1) is 25.9. The van der Waals surface area contributed by atoms with Crippen LogP contribution in [0.25, 0.3) is 0 Å². The average molecular weight is 760 g/mol. The molecular weight excluding hydrogens is 709 g/mol. The van der Waals surface area contributed by atoms with Gasteiger partial charge in [-0.3, -0.25) is 19.1 Å². The number of ether oxygens (including phenoxy) is 3. The van der Waals surface area contributed by atoms with E-state index in [1.165, 1.54) is 12.3 Å². The Hall–Kier alpha value is -4.83. The molecule has 1 amide bonds. The van der Waals surface area contributed by atoms with E-state index in [1.807, 2.05) is 113 Å². The Morgan fingerprint density at radius 2 is 1.43 bits per heavy atom. The predicted molar refractivity (Wildman–Crippen MR) is 207 cm³/mol. The van der Waals surface area contributed by atoms with Crippen molar-refractivity contribution in [2.45, 2.75) is 77.4 Å². The van der Waals surface area contributed by atoms with Gasteiger partial charge in [0.05, 0.1) is 52.1 Å². The number of H-pyrrole nitrogens is 1. The van der Waals surface area contributed by atoms with Gasteiger partial charge >= 0.3 is 5.69 Å². The van der Waals surface area contributed by atoms with E-state index in [9.17, 15) is 19.6 Å². The van der Waals surface area contributed by atoms with E-state index in [-0.39, 0.29) is 38.3 Å². The van der Waals surface area contributed by atoms with Gasteiger partial charge in [0.15, 0.2) is 0 Å². The number of nitrogens with one attached hydrogen (secondary N) is 2. The van der Waals surface area contributed by atoms with Crippen molar-refractivity contribution in [3.63, 3.8) is 0 Å². The first-order valence-corrected chi connectivity index (χ1v) is 18.9. The summed E-state index contributed by atoms with van der Waals surface area (Å²) in [6.45, 7) is 9.73. The molecule has 0 saturated carbocycles. The lowest BCUT2D eigenvalue weighted by Crippen LogP contribution is -2.50. The Morgan fingerprint density at radius 1 is 0.870 bits per heavy atom. The van der Waals surface area contributed by atoms with Crippen molar-refractivity contribution in [1.82, 2.24) is 19.5 Å². The van der Waals surface area contributed by atoms with Crippen molar-refractivity contribution in [2.24, 2.45) is 0 Å². The fourth-order valence-electron chi connectivity index (χ4n) is 6.07. The molecule has 288 valence electrons. The molecule has 4 aromatic rings. The minimum atomic E-state index is -1.70. The zero-order chi connectivity index (χ0) is 39.3. The predicted octanol–water partition coefficient (Wildman–Crippen LogP) is 5.73. The maximum absolute atomic E-state index is 13.7. The zero-order valence-electron chi connectivity index (χ0n) is 31.9. The molecule has 3 atom stereocenters. The Kier molecular flexibility index (Phi) is 15.5. The highest BCUT2D eigenvalue weighted by Gasteiger charge is 2.40. The van der Waals surface area contributed by atoms with Crippen molar-refractivity contribution in [3.8, 4) is 17.6 Å². The number of nitriles is 1. The molecule has 14 heteroatoms. The Morgan fingerprint density at radius 3 is 1.93 bits per heavy atom. The van der Waals surface area contributed by atoms with Crippen LogP contribution in [0.2, 0.25) is 0 Å². The molecule has 0 aliphatic heterocycles. The zero-order valence-corrected chi connectivity index (χ0v) is 32.7. The van der Waals surface area contributed by atoms with Crippen LogP contribution in [0.5, 0.6) is 11.5 Å². The minimum absolute atomic E-state index is 0.0395. The number of nitrogens with zero attached hydrogens (tertiary/aromatic N) is 3. The van der Waals surface area contributed by atoms with Crippen molar-refractivity contribution in [3.05, 3.63) is 129 Å². The number of amides is 1. The maximum atomic E-state index is 13.7. The summed E-state index contributed by atoms with van der Waals surface area (Å²) in [5.41, 5.74) is -0.0582. The highest BCUT2D eigenvalue weighted by atomic mass is 31.2. The van der Waals surface area contributed by atoms with Crippen molar-refractivity contribution < 1.29 is 28.1 Å². The summed E-state index contributed by atoms with van der Waals surface area (Å²) in [4.78, 5) is 40.1. The van der Waals surface area contributed by atoms with E-state index in [2.05, 4.69) is 21.0 Å². The molecule has 1 aromatic heterocycles. The molecule has 0 radical (unpaired) electrons.